The first-order chi connectivity index (χ1) is 9.20. The Morgan fingerprint density at radius 2 is 1.89 bits per heavy atom. The minimum atomic E-state index is -0.402. The van der Waals surface area contributed by atoms with Gasteiger partial charge in [0.2, 0.25) is 0 Å². The van der Waals surface area contributed by atoms with Gasteiger partial charge in [-0.3, -0.25) is 0 Å². The van der Waals surface area contributed by atoms with Crippen molar-refractivity contribution >= 4 is 11.8 Å². The molecule has 3 heteroatoms. The van der Waals surface area contributed by atoms with Gasteiger partial charge in [-0.1, -0.05) is 43.3 Å². The van der Waals surface area contributed by atoms with Crippen molar-refractivity contribution in [3.8, 4) is 0 Å². The molecule has 2 aromatic rings. The first-order valence-corrected chi connectivity index (χ1v) is 7.51. The zero-order chi connectivity index (χ0) is 13.7. The molecule has 1 aromatic carbocycles. The van der Waals surface area contributed by atoms with Gasteiger partial charge < -0.3 is 5.11 Å². The molecule has 19 heavy (non-hydrogen) atoms. The van der Waals surface area contributed by atoms with Crippen molar-refractivity contribution < 1.29 is 5.11 Å². The van der Waals surface area contributed by atoms with Crippen LogP contribution >= 0.6 is 11.8 Å². The number of benzene rings is 1. The lowest BCUT2D eigenvalue weighted by molar-refractivity contribution is 0.172. The number of aromatic nitrogens is 1. The van der Waals surface area contributed by atoms with E-state index in [-0.39, 0.29) is 0 Å². The van der Waals surface area contributed by atoms with Crippen LogP contribution in [0.2, 0.25) is 0 Å². The van der Waals surface area contributed by atoms with Crippen LogP contribution in [0.5, 0.6) is 0 Å². The van der Waals surface area contributed by atoms with Crippen molar-refractivity contribution in [1.29, 1.82) is 0 Å². The molecule has 0 fully saturated rings. The summed E-state index contributed by atoms with van der Waals surface area (Å²) in [5.41, 5.74) is 3.16. The number of hydrogen-bond acceptors (Lipinski definition) is 3. The van der Waals surface area contributed by atoms with E-state index >= 15 is 0 Å². The molecule has 0 unspecified atom stereocenters. The average molecular weight is 273 g/mol. The monoisotopic (exact) mass is 273 g/mol. The van der Waals surface area contributed by atoms with E-state index in [0.29, 0.717) is 0 Å². The smallest absolute Gasteiger partial charge is 0.0966 e. The molecule has 0 amide bonds. The Morgan fingerprint density at radius 3 is 2.53 bits per heavy atom. The van der Waals surface area contributed by atoms with Crippen LogP contribution in [0.25, 0.3) is 0 Å². The summed E-state index contributed by atoms with van der Waals surface area (Å²) >= 11 is 1.72. The lowest BCUT2D eigenvalue weighted by Gasteiger charge is -2.12. The minimum Gasteiger partial charge on any atom is -0.388 e. The number of aliphatic hydroxyl groups excluding tert-OH is 1. The highest BCUT2D eigenvalue weighted by Gasteiger charge is 2.09. The van der Waals surface area contributed by atoms with E-state index in [1.165, 1.54) is 5.56 Å². The van der Waals surface area contributed by atoms with E-state index in [9.17, 15) is 5.11 Å². The standard InChI is InChI=1S/C16H19NOS/c1-3-15(18)14-9-10-16(17-12(14)2)19-11-13-7-5-4-6-8-13/h4-10,15,18H,3,11H2,1-2H3/t15-/m1/s1. The van der Waals surface area contributed by atoms with E-state index in [1.54, 1.807) is 11.8 Å². The van der Waals surface area contributed by atoms with Crippen LogP contribution < -0.4 is 0 Å². The summed E-state index contributed by atoms with van der Waals surface area (Å²) < 4.78 is 0. The molecule has 2 rings (SSSR count). The zero-order valence-corrected chi connectivity index (χ0v) is 12.2. The Balaban J connectivity index is 2.04. The van der Waals surface area contributed by atoms with E-state index < -0.39 is 6.10 Å². The fourth-order valence-electron chi connectivity index (χ4n) is 1.93. The molecule has 0 bridgehead atoms. The fourth-order valence-corrected chi connectivity index (χ4v) is 2.81. The second-order valence-electron chi connectivity index (χ2n) is 4.52. The highest BCUT2D eigenvalue weighted by atomic mass is 32.2. The summed E-state index contributed by atoms with van der Waals surface area (Å²) in [4.78, 5) is 4.56. The van der Waals surface area contributed by atoms with E-state index in [0.717, 1.165) is 28.5 Å². The summed E-state index contributed by atoms with van der Waals surface area (Å²) in [6.07, 6.45) is 0.319. The van der Waals surface area contributed by atoms with Gasteiger partial charge >= 0.3 is 0 Å². The van der Waals surface area contributed by atoms with Crippen molar-refractivity contribution in [3.05, 3.63) is 59.3 Å². The van der Waals surface area contributed by atoms with E-state index in [4.69, 9.17) is 0 Å². The van der Waals surface area contributed by atoms with Crippen LogP contribution in [0.3, 0.4) is 0 Å². The highest BCUT2D eigenvalue weighted by molar-refractivity contribution is 7.98. The Labute approximate surface area is 118 Å². The zero-order valence-electron chi connectivity index (χ0n) is 11.3. The number of pyridine rings is 1. The molecule has 2 nitrogen and oxygen atoms in total. The molecular weight excluding hydrogens is 254 g/mol. The number of aliphatic hydroxyl groups is 1. The second-order valence-corrected chi connectivity index (χ2v) is 5.52. The van der Waals surface area contributed by atoms with Gasteiger partial charge in [0.15, 0.2) is 0 Å². The summed E-state index contributed by atoms with van der Waals surface area (Å²) in [6, 6.07) is 14.4. The normalized spacial score (nSPS) is 12.4. The van der Waals surface area contributed by atoms with Gasteiger partial charge in [0.1, 0.15) is 0 Å². The lowest BCUT2D eigenvalue weighted by atomic mass is 10.1. The maximum absolute atomic E-state index is 9.86. The van der Waals surface area contributed by atoms with Crippen LogP contribution in [-0.4, -0.2) is 10.1 Å². The van der Waals surface area contributed by atoms with Crippen LogP contribution in [0, 0.1) is 6.92 Å². The van der Waals surface area contributed by atoms with E-state index in [1.807, 2.05) is 32.0 Å². The van der Waals surface area contributed by atoms with Crippen LogP contribution in [0.4, 0.5) is 0 Å². The minimum absolute atomic E-state index is 0.402. The number of rotatable bonds is 5. The Morgan fingerprint density at radius 1 is 1.16 bits per heavy atom. The maximum Gasteiger partial charge on any atom is 0.0966 e. The molecule has 1 atom stereocenters. The predicted molar refractivity (Wildman–Crippen MR) is 80.2 cm³/mol. The molecule has 0 saturated heterocycles. The summed E-state index contributed by atoms with van der Waals surface area (Å²) in [5.74, 6) is 0.920. The molecule has 1 aromatic heterocycles. The van der Waals surface area contributed by atoms with Crippen molar-refractivity contribution in [1.82, 2.24) is 4.98 Å². The third-order valence-electron chi connectivity index (χ3n) is 3.08. The quantitative estimate of drug-likeness (QED) is 0.832. The molecular formula is C16H19NOS. The van der Waals surface area contributed by atoms with E-state index in [2.05, 4.69) is 29.2 Å². The first kappa shape index (κ1) is 14.1. The summed E-state index contributed by atoms with van der Waals surface area (Å²) in [5, 5.41) is 10.9. The van der Waals surface area contributed by atoms with Crippen molar-refractivity contribution in [3.63, 3.8) is 0 Å². The van der Waals surface area contributed by atoms with Crippen LogP contribution in [-0.2, 0) is 5.75 Å². The van der Waals surface area contributed by atoms with Crippen LogP contribution in [0.1, 0.15) is 36.3 Å². The first-order valence-electron chi connectivity index (χ1n) is 6.53. The fraction of sp³-hybridized carbons (Fsp3) is 0.312. The molecule has 0 radical (unpaired) electrons. The molecule has 0 spiro atoms. The topological polar surface area (TPSA) is 33.1 Å². The third-order valence-corrected chi connectivity index (χ3v) is 4.08. The average Bonchev–Trinajstić information content (AvgIpc) is 2.45. The lowest BCUT2D eigenvalue weighted by Crippen LogP contribution is -2.00. The molecule has 0 saturated carbocycles. The Kier molecular flexibility index (Phi) is 5.00. The second kappa shape index (κ2) is 6.73. The van der Waals surface area contributed by atoms with Gasteiger partial charge in [-0.15, -0.1) is 11.8 Å². The summed E-state index contributed by atoms with van der Waals surface area (Å²) in [7, 11) is 0. The molecule has 0 aliphatic carbocycles. The third kappa shape index (κ3) is 3.82. The SMILES string of the molecule is CC[C@@H](O)c1ccc(SCc2ccccc2)nc1C. The summed E-state index contributed by atoms with van der Waals surface area (Å²) in [6.45, 7) is 3.93. The number of hydrogen-bond donors (Lipinski definition) is 1. The van der Waals surface area contributed by atoms with Crippen molar-refractivity contribution in [2.24, 2.45) is 0 Å². The maximum atomic E-state index is 9.86. The largest absolute Gasteiger partial charge is 0.388 e. The van der Waals surface area contributed by atoms with Gasteiger partial charge in [0.05, 0.1) is 11.1 Å². The van der Waals surface area contributed by atoms with Gasteiger partial charge in [0.25, 0.3) is 0 Å². The van der Waals surface area contributed by atoms with Crippen molar-refractivity contribution in [2.75, 3.05) is 0 Å². The molecule has 1 heterocycles. The van der Waals surface area contributed by atoms with Gasteiger partial charge in [-0.25, -0.2) is 4.98 Å². The Hall–Kier alpha value is -1.32. The molecule has 0 aliphatic heterocycles. The Bertz CT molecular complexity index is 528. The van der Waals surface area contributed by atoms with Gasteiger partial charge in [0, 0.05) is 17.0 Å². The van der Waals surface area contributed by atoms with Gasteiger partial charge in [-0.05, 0) is 25.0 Å². The van der Waals surface area contributed by atoms with Crippen molar-refractivity contribution in [2.45, 2.75) is 37.2 Å². The number of aryl methyl sites for hydroxylation is 1. The number of nitrogens with zero attached hydrogens (tertiary/aromatic N) is 1. The number of thioether (sulfide) groups is 1. The predicted octanol–water partition coefficient (Wildman–Crippen LogP) is 4.13. The molecule has 100 valence electrons. The van der Waals surface area contributed by atoms with Gasteiger partial charge in [-0.2, -0.15) is 0 Å². The molecule has 1 N–H and O–H groups in total. The highest BCUT2D eigenvalue weighted by Crippen LogP contribution is 2.25. The molecule has 0 aliphatic rings. The van der Waals surface area contributed by atoms with Crippen LogP contribution in [0.15, 0.2) is 47.5 Å².